The van der Waals surface area contributed by atoms with E-state index >= 15 is 0 Å². The molecule has 3 aromatic carbocycles. The molecule has 3 heteroatoms. The Kier molecular flexibility index (Phi) is 11.4. The third-order valence-corrected chi connectivity index (χ3v) is 3.97. The van der Waals surface area contributed by atoms with E-state index in [-0.39, 0.29) is 51.0 Å². The zero-order valence-corrected chi connectivity index (χ0v) is 17.4. The Morgan fingerprint density at radius 1 is 0.917 bits per heavy atom. The Hall–Kier alpha value is -0.747. The number of rotatable bonds is 2. The van der Waals surface area contributed by atoms with Crippen LogP contribution in [0.2, 0.25) is 0 Å². The minimum atomic E-state index is 0. The largest absolute Gasteiger partial charge is 4.00 e. The van der Waals surface area contributed by atoms with Crippen LogP contribution in [0.1, 0.15) is 29.9 Å². The van der Waals surface area contributed by atoms with Crippen molar-refractivity contribution in [1.29, 1.82) is 0 Å². The van der Waals surface area contributed by atoms with E-state index in [9.17, 15) is 0 Å². The third-order valence-electron chi connectivity index (χ3n) is 3.97. The van der Waals surface area contributed by atoms with Crippen molar-refractivity contribution >= 4 is 16.8 Å². The van der Waals surface area contributed by atoms with Crippen molar-refractivity contribution < 1.29 is 51.0 Å². The molecule has 1 aliphatic carbocycles. The van der Waals surface area contributed by atoms with Gasteiger partial charge < -0.3 is 31.7 Å². The molecule has 0 aromatic heterocycles. The Balaban J connectivity index is 0.000000402. The molecule has 0 radical (unpaired) electrons. The molecule has 122 valence electrons. The van der Waals surface area contributed by atoms with Gasteiger partial charge in [0.1, 0.15) is 0 Å². The summed E-state index contributed by atoms with van der Waals surface area (Å²) in [6, 6.07) is 23.3. The van der Waals surface area contributed by atoms with Crippen LogP contribution in [-0.2, 0) is 26.2 Å². The first-order valence-corrected chi connectivity index (χ1v) is 7.55. The molecule has 0 heterocycles. The molecule has 0 aliphatic heterocycles. The molecule has 24 heavy (non-hydrogen) atoms. The quantitative estimate of drug-likeness (QED) is 0.498. The van der Waals surface area contributed by atoms with Crippen LogP contribution in [0.4, 0.5) is 0 Å². The zero-order valence-electron chi connectivity index (χ0n) is 13.5. The monoisotopic (exact) mass is 432 g/mol. The molecule has 0 spiro atoms. The molecule has 0 nitrogen and oxygen atoms in total. The predicted molar refractivity (Wildman–Crippen MR) is 92.3 cm³/mol. The first-order chi connectivity index (χ1) is 10.4. The molecule has 0 saturated carbocycles. The fourth-order valence-corrected chi connectivity index (χ4v) is 2.87. The topological polar surface area (TPSA) is 0 Å². The van der Waals surface area contributed by atoms with Gasteiger partial charge in [-0.15, -0.1) is 29.7 Å². The summed E-state index contributed by atoms with van der Waals surface area (Å²) in [5.74, 6) is 0.624. The van der Waals surface area contributed by atoms with Crippen LogP contribution in [-0.4, -0.2) is 0 Å². The van der Waals surface area contributed by atoms with E-state index in [1.54, 1.807) is 0 Å². The average Bonchev–Trinajstić information content (AvgIpc) is 3.15. The van der Waals surface area contributed by atoms with Crippen molar-refractivity contribution in [3.8, 4) is 0 Å². The standard InChI is InChI=1S/C12H13.C9H7.2ClH.Zr/c1-2-5-10-8-9-11-6-3-4-7-12(10)11;1-2-5-9-7-3-6-8(9)4-1;;;/h3-4,6-10H,1-2,5H2;1-7H;2*1H;/q2*-1;;;+4/p-2. The van der Waals surface area contributed by atoms with Crippen LogP contribution in [0.15, 0.2) is 72.8 Å². The summed E-state index contributed by atoms with van der Waals surface area (Å²) in [6.45, 7) is 3.89. The Morgan fingerprint density at radius 3 is 2.38 bits per heavy atom. The summed E-state index contributed by atoms with van der Waals surface area (Å²) in [4.78, 5) is 0. The van der Waals surface area contributed by atoms with Gasteiger partial charge in [0.25, 0.3) is 0 Å². The maximum atomic E-state index is 3.89. The van der Waals surface area contributed by atoms with E-state index in [1.165, 1.54) is 28.3 Å². The Morgan fingerprint density at radius 2 is 1.62 bits per heavy atom. The van der Waals surface area contributed by atoms with Crippen LogP contribution in [0.5, 0.6) is 0 Å². The van der Waals surface area contributed by atoms with Crippen LogP contribution in [0.3, 0.4) is 0 Å². The first-order valence-electron chi connectivity index (χ1n) is 7.55. The molecule has 0 N–H and O–H groups in total. The van der Waals surface area contributed by atoms with Gasteiger partial charge in [0.15, 0.2) is 0 Å². The maximum absolute atomic E-state index is 3.89. The SMILES string of the molecule is [CH2-]CCC1C=Cc2ccccc21.[Cl-].[Cl-].[Zr+4].c1ccc2[cH-]ccc2c1. The zero-order chi connectivity index (χ0) is 14.5. The van der Waals surface area contributed by atoms with Gasteiger partial charge in [0.2, 0.25) is 0 Å². The van der Waals surface area contributed by atoms with E-state index in [0.29, 0.717) is 5.92 Å². The molecular formula is C21H20Cl2Zr. The van der Waals surface area contributed by atoms with Gasteiger partial charge in [-0.25, -0.2) is 0 Å². The van der Waals surface area contributed by atoms with Crippen molar-refractivity contribution in [1.82, 2.24) is 0 Å². The minimum Gasteiger partial charge on any atom is -1.00 e. The second-order valence-corrected chi connectivity index (χ2v) is 5.39. The average molecular weight is 435 g/mol. The van der Waals surface area contributed by atoms with Gasteiger partial charge in [0, 0.05) is 5.92 Å². The summed E-state index contributed by atoms with van der Waals surface area (Å²) in [5.41, 5.74) is 2.86. The van der Waals surface area contributed by atoms with Crippen molar-refractivity contribution in [3.63, 3.8) is 0 Å². The van der Waals surface area contributed by atoms with Crippen molar-refractivity contribution in [3.05, 3.63) is 90.9 Å². The number of fused-ring (bicyclic) bond motifs is 2. The van der Waals surface area contributed by atoms with E-state index in [0.717, 1.165) is 6.42 Å². The van der Waals surface area contributed by atoms with E-state index in [4.69, 9.17) is 0 Å². The Bertz CT molecular complexity index is 716. The molecular weight excluding hydrogens is 414 g/mol. The molecule has 1 aliphatic rings. The van der Waals surface area contributed by atoms with Gasteiger partial charge in [-0.2, -0.15) is 23.9 Å². The number of benzene rings is 2. The second-order valence-electron chi connectivity index (χ2n) is 5.39. The number of allylic oxidation sites excluding steroid dienone is 1. The van der Waals surface area contributed by atoms with Crippen molar-refractivity contribution in [2.45, 2.75) is 18.8 Å². The molecule has 0 amide bonds. The van der Waals surface area contributed by atoms with Crippen LogP contribution >= 0.6 is 0 Å². The molecule has 0 saturated heterocycles. The van der Waals surface area contributed by atoms with E-state index in [2.05, 4.69) is 85.8 Å². The maximum Gasteiger partial charge on any atom is 4.00 e. The second kappa shape index (κ2) is 11.7. The first kappa shape index (κ1) is 23.3. The molecule has 0 bridgehead atoms. The van der Waals surface area contributed by atoms with Gasteiger partial charge in [-0.05, 0) is 11.1 Å². The summed E-state index contributed by atoms with van der Waals surface area (Å²) >= 11 is 0. The van der Waals surface area contributed by atoms with Crippen LogP contribution in [0.25, 0.3) is 16.8 Å². The molecule has 4 rings (SSSR count). The Labute approximate surface area is 176 Å². The fraction of sp³-hybridized carbons (Fsp3) is 0.143. The molecule has 1 atom stereocenters. The van der Waals surface area contributed by atoms with Gasteiger partial charge in [0.05, 0.1) is 0 Å². The van der Waals surface area contributed by atoms with Crippen molar-refractivity contribution in [2.24, 2.45) is 0 Å². The van der Waals surface area contributed by atoms with Crippen LogP contribution < -0.4 is 24.8 Å². The normalized spacial score (nSPS) is 13.6. The summed E-state index contributed by atoms with van der Waals surface area (Å²) in [5, 5.41) is 2.66. The third kappa shape index (κ3) is 5.66. The number of halogens is 2. The van der Waals surface area contributed by atoms with E-state index < -0.39 is 0 Å². The molecule has 0 fully saturated rings. The number of hydrogen-bond acceptors (Lipinski definition) is 0. The minimum absolute atomic E-state index is 0. The summed E-state index contributed by atoms with van der Waals surface area (Å²) in [6.07, 6.45) is 6.70. The molecule has 3 aromatic rings. The fourth-order valence-electron chi connectivity index (χ4n) is 2.87. The van der Waals surface area contributed by atoms with E-state index in [1.807, 2.05) is 0 Å². The van der Waals surface area contributed by atoms with Crippen LogP contribution in [0, 0.1) is 6.92 Å². The predicted octanol–water partition coefficient (Wildman–Crippen LogP) is -0.0245. The summed E-state index contributed by atoms with van der Waals surface area (Å²) < 4.78 is 0. The van der Waals surface area contributed by atoms with Gasteiger partial charge >= 0.3 is 26.2 Å². The smallest absolute Gasteiger partial charge is 1.00 e. The number of hydrogen-bond donors (Lipinski definition) is 0. The van der Waals surface area contributed by atoms with Crippen molar-refractivity contribution in [2.75, 3.05) is 0 Å². The summed E-state index contributed by atoms with van der Waals surface area (Å²) in [7, 11) is 0. The molecule has 1 unspecified atom stereocenters. The van der Waals surface area contributed by atoms with Gasteiger partial charge in [-0.1, -0.05) is 48.9 Å². The van der Waals surface area contributed by atoms with Gasteiger partial charge in [-0.3, -0.25) is 0 Å².